The maximum absolute atomic E-state index is 14.0. The molecule has 1 heterocycles. The number of nitrogens with one attached hydrogen (secondary N) is 2. The molecule has 0 spiro atoms. The van der Waals surface area contributed by atoms with Crippen molar-refractivity contribution in [3.05, 3.63) is 83.4 Å². The van der Waals surface area contributed by atoms with Gasteiger partial charge < -0.3 is 25.0 Å². The zero-order chi connectivity index (χ0) is 35.9. The lowest BCUT2D eigenvalue weighted by Gasteiger charge is -2.30. The van der Waals surface area contributed by atoms with Crippen molar-refractivity contribution in [2.75, 3.05) is 23.8 Å². The maximum Gasteiger partial charge on any atom is 0.328 e. The van der Waals surface area contributed by atoms with Crippen molar-refractivity contribution in [1.29, 1.82) is 0 Å². The molecular weight excluding hydrogens is 624 g/mol. The Balaban J connectivity index is 1.50. The van der Waals surface area contributed by atoms with E-state index >= 15 is 0 Å². The highest BCUT2D eigenvalue weighted by atomic mass is 16.5. The van der Waals surface area contributed by atoms with Gasteiger partial charge in [-0.3, -0.25) is 19.2 Å². The van der Waals surface area contributed by atoms with Crippen molar-refractivity contribution in [3.63, 3.8) is 0 Å². The van der Waals surface area contributed by atoms with Gasteiger partial charge in [0.1, 0.15) is 18.0 Å². The van der Waals surface area contributed by atoms with Crippen LogP contribution in [0, 0.1) is 19.3 Å². The van der Waals surface area contributed by atoms with Crippen LogP contribution in [-0.4, -0.2) is 64.6 Å². The minimum absolute atomic E-state index is 0.145. The zero-order valence-corrected chi connectivity index (χ0v) is 29.3. The number of urea groups is 1. The number of ether oxygens (including phenoxy) is 2. The predicted octanol–water partition coefficient (Wildman–Crippen LogP) is 6.28. The molecule has 3 aromatic carbocycles. The molecule has 260 valence electrons. The summed E-state index contributed by atoms with van der Waals surface area (Å²) in [5.41, 5.74) is 2.46. The Morgan fingerprint density at radius 2 is 1.59 bits per heavy atom. The van der Waals surface area contributed by atoms with Crippen LogP contribution in [0.4, 0.5) is 16.2 Å². The Bertz CT molecular complexity index is 1700. The Morgan fingerprint density at radius 1 is 0.898 bits per heavy atom. The van der Waals surface area contributed by atoms with Crippen molar-refractivity contribution >= 4 is 40.9 Å². The van der Waals surface area contributed by atoms with Crippen LogP contribution in [0.25, 0.3) is 0 Å². The normalized spacial score (nSPS) is 13.8. The van der Waals surface area contributed by atoms with Crippen LogP contribution in [0.15, 0.2) is 66.7 Å². The van der Waals surface area contributed by atoms with E-state index in [1.165, 1.54) is 11.0 Å². The second kappa shape index (κ2) is 15.8. The highest BCUT2D eigenvalue weighted by Crippen LogP contribution is 2.31. The summed E-state index contributed by atoms with van der Waals surface area (Å²) in [6.07, 6.45) is 0.401. The third-order valence-corrected chi connectivity index (χ3v) is 7.80. The topological polar surface area (TPSA) is 134 Å². The van der Waals surface area contributed by atoms with E-state index in [2.05, 4.69) is 10.6 Å². The molecule has 1 unspecified atom stereocenters. The van der Waals surface area contributed by atoms with Crippen molar-refractivity contribution in [2.24, 2.45) is 5.41 Å². The lowest BCUT2D eigenvalue weighted by molar-refractivity contribution is -0.143. The van der Waals surface area contributed by atoms with E-state index in [1.54, 1.807) is 32.9 Å². The fourth-order valence-electron chi connectivity index (χ4n) is 5.37. The van der Waals surface area contributed by atoms with Gasteiger partial charge in [-0.25, -0.2) is 9.69 Å². The van der Waals surface area contributed by atoms with Crippen LogP contribution >= 0.6 is 0 Å². The standard InChI is InChI=1S/C38H46N4O7/c1-24(2)49-31-18-16-28(39-32(43)14-11-19-48-30-17-15-25(3)20-26(30)4)21-29(31)40-36(46)34(35(45)38(5,6)7)42-33(44)23-41(37(42)47)22-27-12-9-8-10-13-27/h8-10,12-13,15-18,20-21,24,34H,11,14,19,22-23H2,1-7H3,(H,39,43)(H,40,46). The minimum Gasteiger partial charge on any atom is -0.493 e. The molecule has 0 radical (unpaired) electrons. The molecule has 1 saturated heterocycles. The lowest BCUT2D eigenvalue weighted by atomic mass is 9.85. The summed E-state index contributed by atoms with van der Waals surface area (Å²) in [4.78, 5) is 69.5. The number of benzene rings is 3. The molecule has 11 heteroatoms. The summed E-state index contributed by atoms with van der Waals surface area (Å²) in [5, 5.41) is 5.56. The molecule has 5 amide bonds. The van der Waals surface area contributed by atoms with Gasteiger partial charge >= 0.3 is 6.03 Å². The van der Waals surface area contributed by atoms with Crippen LogP contribution in [0.1, 0.15) is 64.2 Å². The van der Waals surface area contributed by atoms with E-state index in [9.17, 15) is 24.0 Å². The molecule has 1 aliphatic heterocycles. The molecule has 0 aromatic heterocycles. The zero-order valence-electron chi connectivity index (χ0n) is 29.3. The maximum atomic E-state index is 14.0. The van der Waals surface area contributed by atoms with E-state index in [0.29, 0.717) is 18.7 Å². The van der Waals surface area contributed by atoms with E-state index < -0.39 is 35.1 Å². The number of imide groups is 1. The van der Waals surface area contributed by atoms with Crippen LogP contribution in [0.5, 0.6) is 11.5 Å². The van der Waals surface area contributed by atoms with E-state index in [0.717, 1.165) is 27.3 Å². The number of ketones is 1. The van der Waals surface area contributed by atoms with E-state index in [-0.39, 0.29) is 43.0 Å². The summed E-state index contributed by atoms with van der Waals surface area (Å²) in [7, 11) is 0. The number of carbonyl (C=O) groups is 5. The average Bonchev–Trinajstić information content (AvgIpc) is 3.29. The number of nitrogens with zero attached hydrogens (tertiary/aromatic N) is 2. The van der Waals surface area contributed by atoms with Crippen LogP contribution < -0.4 is 20.1 Å². The van der Waals surface area contributed by atoms with Crippen LogP contribution in [0.3, 0.4) is 0 Å². The first-order valence-corrected chi connectivity index (χ1v) is 16.4. The fourth-order valence-corrected chi connectivity index (χ4v) is 5.37. The van der Waals surface area contributed by atoms with Gasteiger partial charge in [0.15, 0.2) is 11.8 Å². The van der Waals surface area contributed by atoms with Gasteiger partial charge in [0.2, 0.25) is 5.91 Å². The van der Waals surface area contributed by atoms with Crippen LogP contribution in [0.2, 0.25) is 0 Å². The number of carbonyl (C=O) groups excluding carboxylic acids is 5. The third-order valence-electron chi connectivity index (χ3n) is 7.80. The smallest absolute Gasteiger partial charge is 0.328 e. The predicted molar refractivity (Wildman–Crippen MR) is 187 cm³/mol. The van der Waals surface area contributed by atoms with Crippen molar-refractivity contribution in [2.45, 2.75) is 80.0 Å². The fraction of sp³-hybridized carbons (Fsp3) is 0.395. The summed E-state index contributed by atoms with van der Waals surface area (Å²) in [5.74, 6) is -1.33. The molecule has 0 bridgehead atoms. The van der Waals surface area contributed by atoms with Gasteiger partial charge in [-0.1, -0.05) is 68.8 Å². The third kappa shape index (κ3) is 9.68. The molecular formula is C38H46N4O7. The molecule has 3 aromatic rings. The van der Waals surface area contributed by atoms with Gasteiger partial charge in [-0.05, 0) is 69.5 Å². The number of anilines is 2. The number of Topliss-reactive ketones (excluding diaryl/α,β-unsaturated/α-hetero) is 1. The summed E-state index contributed by atoms with van der Waals surface area (Å²) < 4.78 is 11.8. The molecule has 1 aliphatic rings. The first-order valence-electron chi connectivity index (χ1n) is 16.4. The number of amides is 5. The quantitative estimate of drug-likeness (QED) is 0.117. The largest absolute Gasteiger partial charge is 0.493 e. The molecule has 2 N–H and O–H groups in total. The highest BCUT2D eigenvalue weighted by Gasteiger charge is 2.49. The molecule has 49 heavy (non-hydrogen) atoms. The monoisotopic (exact) mass is 670 g/mol. The van der Waals surface area contributed by atoms with E-state index in [1.807, 2.05) is 76.2 Å². The number of hydrogen-bond donors (Lipinski definition) is 2. The number of rotatable bonds is 14. The summed E-state index contributed by atoms with van der Waals surface area (Å²) >= 11 is 0. The number of hydrogen-bond acceptors (Lipinski definition) is 7. The molecule has 4 rings (SSSR count). The second-order valence-corrected chi connectivity index (χ2v) is 13.5. The molecule has 1 fully saturated rings. The highest BCUT2D eigenvalue weighted by molar-refractivity contribution is 6.19. The second-order valence-electron chi connectivity index (χ2n) is 13.5. The Morgan fingerprint density at radius 3 is 2.24 bits per heavy atom. The van der Waals surface area contributed by atoms with Crippen LogP contribution in [-0.2, 0) is 25.7 Å². The lowest BCUT2D eigenvalue weighted by Crippen LogP contribution is -2.55. The first-order chi connectivity index (χ1) is 23.1. The van der Waals surface area contributed by atoms with Gasteiger partial charge in [-0.2, -0.15) is 0 Å². The Labute approximate surface area is 287 Å². The average molecular weight is 671 g/mol. The SMILES string of the molecule is Cc1ccc(OCCCC(=O)Nc2ccc(OC(C)C)c(NC(=O)C(C(=O)C(C)(C)C)N3C(=O)CN(Cc4ccccc4)C3=O)c2)c(C)c1. The first kappa shape index (κ1) is 36.6. The van der Waals surface area contributed by atoms with Gasteiger partial charge in [0.25, 0.3) is 11.8 Å². The molecule has 1 atom stereocenters. The molecule has 11 nitrogen and oxygen atoms in total. The van der Waals surface area contributed by atoms with Gasteiger partial charge in [0.05, 0.1) is 18.4 Å². The van der Waals surface area contributed by atoms with Crippen molar-refractivity contribution < 1.29 is 33.4 Å². The molecule has 0 aliphatic carbocycles. The van der Waals surface area contributed by atoms with Gasteiger partial charge in [0, 0.05) is 24.1 Å². The van der Waals surface area contributed by atoms with E-state index in [4.69, 9.17) is 9.47 Å². The number of aryl methyl sites for hydroxylation is 2. The van der Waals surface area contributed by atoms with Gasteiger partial charge in [-0.15, -0.1) is 0 Å². The Hall–Kier alpha value is -5.19. The van der Waals surface area contributed by atoms with Crippen molar-refractivity contribution in [3.8, 4) is 11.5 Å². The summed E-state index contributed by atoms with van der Waals surface area (Å²) in [6, 6.07) is 17.4. The minimum atomic E-state index is -1.73. The molecule has 0 saturated carbocycles. The van der Waals surface area contributed by atoms with Crippen molar-refractivity contribution in [1.82, 2.24) is 9.80 Å². The summed E-state index contributed by atoms with van der Waals surface area (Å²) in [6.45, 7) is 12.7. The Kier molecular flexibility index (Phi) is 11.8.